The van der Waals surface area contributed by atoms with Crippen LogP contribution in [0.25, 0.3) is 22.1 Å². The molecule has 0 fully saturated rings. The number of pyridine rings is 1. The molecule has 0 saturated carbocycles. The number of amidine groups is 1. The molecule has 0 amide bonds. The zero-order valence-electron chi connectivity index (χ0n) is 13.7. The molecule has 1 aliphatic rings. The van der Waals surface area contributed by atoms with Crippen molar-refractivity contribution in [1.29, 1.82) is 0 Å². The van der Waals surface area contributed by atoms with Crippen molar-refractivity contribution in [2.45, 2.75) is 6.54 Å². The Morgan fingerprint density at radius 1 is 1.00 bits per heavy atom. The first kappa shape index (κ1) is 14.8. The van der Waals surface area contributed by atoms with E-state index in [0.29, 0.717) is 23.5 Å². The van der Waals surface area contributed by atoms with Gasteiger partial charge in [-0.3, -0.25) is 9.98 Å². The molecule has 2 aromatic heterocycles. The second kappa shape index (κ2) is 5.81. The second-order valence-electron chi connectivity index (χ2n) is 6.13. The number of anilines is 1. The predicted octanol–water partition coefficient (Wildman–Crippen LogP) is 5.01. The van der Waals surface area contributed by atoms with E-state index in [1.54, 1.807) is 24.6 Å². The number of aromatic nitrogens is 1. The third-order valence-corrected chi connectivity index (χ3v) is 4.54. The van der Waals surface area contributed by atoms with Crippen LogP contribution in [0.2, 0.25) is 0 Å². The van der Waals surface area contributed by atoms with Gasteiger partial charge in [-0.1, -0.05) is 12.1 Å². The van der Waals surface area contributed by atoms with Gasteiger partial charge >= 0.3 is 0 Å². The molecular weight excluding hydrogens is 329 g/mol. The predicted molar refractivity (Wildman–Crippen MR) is 99.7 cm³/mol. The lowest BCUT2D eigenvalue weighted by Crippen LogP contribution is -2.13. The highest BCUT2D eigenvalue weighted by atomic mass is 19.1. The number of furan rings is 1. The topological polar surface area (TPSA) is 50.4 Å². The maximum absolute atomic E-state index is 14.4. The molecule has 0 aliphatic carbocycles. The van der Waals surface area contributed by atoms with E-state index in [1.807, 2.05) is 36.4 Å². The van der Waals surface area contributed by atoms with Gasteiger partial charge in [0, 0.05) is 28.4 Å². The molecule has 2 aromatic carbocycles. The van der Waals surface area contributed by atoms with Crippen molar-refractivity contribution < 1.29 is 8.81 Å². The molecule has 0 unspecified atom stereocenters. The minimum atomic E-state index is -0.272. The summed E-state index contributed by atoms with van der Waals surface area (Å²) in [7, 11) is 0. The van der Waals surface area contributed by atoms with Gasteiger partial charge in [-0.25, -0.2) is 4.39 Å². The smallest absolute Gasteiger partial charge is 0.152 e. The molecule has 1 aliphatic heterocycles. The molecule has 0 spiro atoms. The monoisotopic (exact) mass is 343 g/mol. The Balaban J connectivity index is 1.56. The summed E-state index contributed by atoms with van der Waals surface area (Å²) in [4.78, 5) is 8.88. The minimum Gasteiger partial charge on any atom is -0.464 e. The molecule has 26 heavy (non-hydrogen) atoms. The number of hydrogen-bond acceptors (Lipinski definition) is 4. The van der Waals surface area contributed by atoms with Crippen LogP contribution in [0.4, 0.5) is 10.1 Å². The number of halogens is 1. The van der Waals surface area contributed by atoms with E-state index in [0.717, 1.165) is 27.9 Å². The van der Waals surface area contributed by atoms with Gasteiger partial charge in [-0.15, -0.1) is 0 Å². The maximum atomic E-state index is 14.4. The van der Waals surface area contributed by atoms with Crippen molar-refractivity contribution in [1.82, 2.24) is 4.98 Å². The van der Waals surface area contributed by atoms with Crippen molar-refractivity contribution in [2.75, 3.05) is 5.32 Å². The van der Waals surface area contributed by atoms with Crippen LogP contribution in [0.5, 0.6) is 0 Å². The third-order valence-electron chi connectivity index (χ3n) is 4.54. The van der Waals surface area contributed by atoms with Crippen LogP contribution in [-0.2, 0) is 6.54 Å². The zero-order valence-corrected chi connectivity index (χ0v) is 13.7. The van der Waals surface area contributed by atoms with Crippen LogP contribution in [0.3, 0.4) is 0 Å². The van der Waals surface area contributed by atoms with Crippen molar-refractivity contribution in [3.05, 3.63) is 84.1 Å². The fraction of sp³-hybridized carbons (Fsp3) is 0.0476. The summed E-state index contributed by atoms with van der Waals surface area (Å²) in [5.74, 6) is 1.15. The van der Waals surface area contributed by atoms with Gasteiger partial charge in [0.1, 0.15) is 17.3 Å². The van der Waals surface area contributed by atoms with Gasteiger partial charge in [0.25, 0.3) is 0 Å². The quantitative estimate of drug-likeness (QED) is 0.557. The summed E-state index contributed by atoms with van der Waals surface area (Å²) >= 11 is 0. The van der Waals surface area contributed by atoms with Gasteiger partial charge in [-0.2, -0.15) is 0 Å². The Labute approximate surface area is 149 Å². The fourth-order valence-corrected chi connectivity index (χ4v) is 3.29. The number of benzene rings is 2. The summed E-state index contributed by atoms with van der Waals surface area (Å²) in [6, 6.07) is 16.4. The van der Waals surface area contributed by atoms with Gasteiger partial charge in [0.15, 0.2) is 5.84 Å². The molecule has 4 aromatic rings. The molecule has 1 N–H and O–H groups in total. The van der Waals surface area contributed by atoms with Crippen LogP contribution in [0.15, 0.2) is 76.5 Å². The Morgan fingerprint density at radius 3 is 2.85 bits per heavy atom. The lowest BCUT2D eigenvalue weighted by Gasteiger charge is -2.10. The van der Waals surface area contributed by atoms with E-state index in [4.69, 9.17) is 4.42 Å². The number of nitrogens with zero attached hydrogens (tertiary/aromatic N) is 2. The lowest BCUT2D eigenvalue weighted by molar-refractivity contribution is 0.582. The summed E-state index contributed by atoms with van der Waals surface area (Å²) < 4.78 is 19.9. The van der Waals surface area contributed by atoms with Gasteiger partial charge in [-0.05, 0) is 47.9 Å². The number of rotatable bonds is 2. The van der Waals surface area contributed by atoms with Crippen LogP contribution in [0, 0.1) is 5.82 Å². The molecule has 5 heteroatoms. The van der Waals surface area contributed by atoms with Crippen molar-refractivity contribution in [3.8, 4) is 11.3 Å². The zero-order chi connectivity index (χ0) is 17.5. The Kier molecular flexibility index (Phi) is 3.31. The van der Waals surface area contributed by atoms with E-state index in [-0.39, 0.29) is 5.82 Å². The first-order valence-corrected chi connectivity index (χ1v) is 8.31. The van der Waals surface area contributed by atoms with Crippen LogP contribution in [0.1, 0.15) is 11.3 Å². The molecule has 3 heterocycles. The molecule has 0 bridgehead atoms. The molecule has 0 saturated heterocycles. The summed E-state index contributed by atoms with van der Waals surface area (Å²) in [5, 5.41) is 4.60. The highest BCUT2D eigenvalue weighted by molar-refractivity contribution is 6.10. The van der Waals surface area contributed by atoms with Gasteiger partial charge in [0.2, 0.25) is 0 Å². The Morgan fingerprint density at radius 2 is 1.96 bits per heavy atom. The molecule has 126 valence electrons. The summed E-state index contributed by atoms with van der Waals surface area (Å²) in [5.41, 5.74) is 3.56. The number of hydrogen-bond donors (Lipinski definition) is 1. The normalized spacial score (nSPS) is 12.9. The second-order valence-corrected chi connectivity index (χ2v) is 6.13. The largest absolute Gasteiger partial charge is 0.464 e. The average Bonchev–Trinajstić information content (AvgIpc) is 3.33. The summed E-state index contributed by atoms with van der Waals surface area (Å²) in [6.07, 6.45) is 3.36. The molecule has 0 radical (unpaired) electrons. The first-order valence-electron chi connectivity index (χ1n) is 8.31. The van der Waals surface area contributed by atoms with E-state index < -0.39 is 0 Å². The lowest BCUT2D eigenvalue weighted by atomic mass is 10.0. The van der Waals surface area contributed by atoms with E-state index in [9.17, 15) is 4.39 Å². The molecular formula is C21H14FN3O. The Hall–Kier alpha value is -3.47. The highest BCUT2D eigenvalue weighted by Gasteiger charge is 2.17. The Bertz CT molecular complexity index is 1150. The first-order chi connectivity index (χ1) is 12.8. The number of nitrogens with one attached hydrogen (secondary N) is 1. The standard InChI is InChI=1S/C21H14FN3O/c22-18-8-7-16(19-4-2-10-26-19)15-6-5-14(11-17(15)18)25-21-20-13(12-24-21)3-1-9-23-20/h1-11H,12H2,(H,24,25). The van der Waals surface area contributed by atoms with Crippen molar-refractivity contribution >= 4 is 22.3 Å². The van der Waals surface area contributed by atoms with Gasteiger partial charge in [0.05, 0.1) is 12.8 Å². The van der Waals surface area contributed by atoms with E-state index in [1.165, 1.54) is 6.07 Å². The minimum absolute atomic E-state index is 0.272. The van der Waals surface area contributed by atoms with Crippen molar-refractivity contribution in [3.63, 3.8) is 0 Å². The highest BCUT2D eigenvalue weighted by Crippen LogP contribution is 2.32. The van der Waals surface area contributed by atoms with Crippen LogP contribution in [-0.4, -0.2) is 10.8 Å². The van der Waals surface area contributed by atoms with Crippen molar-refractivity contribution in [2.24, 2.45) is 4.99 Å². The SMILES string of the molecule is Fc1ccc(-c2ccco2)c2ccc(NC3=NCc4cccnc43)cc12. The van der Waals surface area contributed by atoms with E-state index >= 15 is 0 Å². The molecule has 5 rings (SSSR count). The average molecular weight is 343 g/mol. The third kappa shape index (κ3) is 2.37. The molecule has 4 nitrogen and oxygen atoms in total. The maximum Gasteiger partial charge on any atom is 0.152 e. The van der Waals surface area contributed by atoms with Crippen LogP contribution < -0.4 is 5.32 Å². The van der Waals surface area contributed by atoms with Crippen LogP contribution >= 0.6 is 0 Å². The summed E-state index contributed by atoms with van der Waals surface area (Å²) in [6.45, 7) is 0.607. The molecule has 0 atom stereocenters. The number of fused-ring (bicyclic) bond motifs is 2. The number of aliphatic imine (C=N–C) groups is 1. The fourth-order valence-electron chi connectivity index (χ4n) is 3.29. The van der Waals surface area contributed by atoms with Gasteiger partial charge < -0.3 is 9.73 Å². The van der Waals surface area contributed by atoms with E-state index in [2.05, 4.69) is 15.3 Å².